The lowest BCUT2D eigenvalue weighted by Gasteiger charge is -2.43. The normalized spacial score (nSPS) is 24.8. The van der Waals surface area contributed by atoms with E-state index in [0.717, 1.165) is 12.2 Å². The molecule has 104 valence electrons. The van der Waals surface area contributed by atoms with Crippen LogP contribution in [0.4, 0.5) is 5.69 Å². The van der Waals surface area contributed by atoms with E-state index >= 15 is 0 Å². The SMILES string of the molecule is CNCC1C(=O)N(c2ccc(C)cc2)C(C)CN1C. The smallest absolute Gasteiger partial charge is 0.245 e. The van der Waals surface area contributed by atoms with Gasteiger partial charge in [0.25, 0.3) is 0 Å². The highest BCUT2D eigenvalue weighted by Crippen LogP contribution is 2.23. The summed E-state index contributed by atoms with van der Waals surface area (Å²) in [5, 5.41) is 3.11. The van der Waals surface area contributed by atoms with Gasteiger partial charge in [0.15, 0.2) is 0 Å². The van der Waals surface area contributed by atoms with Crippen LogP contribution < -0.4 is 10.2 Å². The molecule has 1 aliphatic rings. The van der Waals surface area contributed by atoms with Crippen molar-refractivity contribution in [3.05, 3.63) is 29.8 Å². The standard InChI is InChI=1S/C15H23N3O/c1-11-5-7-13(8-6-11)18-12(2)10-17(4)14(9-16-3)15(18)19/h5-8,12,14,16H,9-10H2,1-4H3. The first-order valence-electron chi connectivity index (χ1n) is 6.79. The minimum Gasteiger partial charge on any atom is -0.318 e. The van der Waals surface area contributed by atoms with Crippen LogP contribution >= 0.6 is 0 Å². The molecule has 2 rings (SSSR count). The summed E-state index contributed by atoms with van der Waals surface area (Å²) in [6, 6.07) is 8.30. The van der Waals surface area contributed by atoms with Gasteiger partial charge in [-0.1, -0.05) is 17.7 Å². The van der Waals surface area contributed by atoms with Crippen LogP contribution in [0.25, 0.3) is 0 Å². The molecule has 2 atom stereocenters. The van der Waals surface area contributed by atoms with Crippen LogP contribution in [-0.2, 0) is 4.79 Å². The quantitative estimate of drug-likeness (QED) is 0.889. The van der Waals surface area contributed by atoms with Gasteiger partial charge in [-0.05, 0) is 40.1 Å². The molecule has 0 aliphatic carbocycles. The highest BCUT2D eigenvalue weighted by atomic mass is 16.2. The zero-order valence-electron chi connectivity index (χ0n) is 12.2. The average Bonchev–Trinajstić information content (AvgIpc) is 2.36. The van der Waals surface area contributed by atoms with E-state index in [0.29, 0.717) is 6.54 Å². The van der Waals surface area contributed by atoms with Gasteiger partial charge in [-0.15, -0.1) is 0 Å². The third kappa shape index (κ3) is 2.80. The topological polar surface area (TPSA) is 35.6 Å². The van der Waals surface area contributed by atoms with Crippen molar-refractivity contribution in [2.45, 2.75) is 25.9 Å². The van der Waals surface area contributed by atoms with Gasteiger partial charge in [-0.3, -0.25) is 9.69 Å². The van der Waals surface area contributed by atoms with Gasteiger partial charge in [0, 0.05) is 24.8 Å². The van der Waals surface area contributed by atoms with Gasteiger partial charge in [-0.25, -0.2) is 0 Å². The summed E-state index contributed by atoms with van der Waals surface area (Å²) in [5.74, 6) is 0.180. The van der Waals surface area contributed by atoms with E-state index in [9.17, 15) is 4.79 Å². The molecule has 0 saturated carbocycles. The van der Waals surface area contributed by atoms with E-state index in [4.69, 9.17) is 0 Å². The number of rotatable bonds is 3. The van der Waals surface area contributed by atoms with E-state index < -0.39 is 0 Å². The number of anilines is 1. The molecule has 4 heteroatoms. The van der Waals surface area contributed by atoms with Gasteiger partial charge >= 0.3 is 0 Å². The number of nitrogens with one attached hydrogen (secondary N) is 1. The number of carbonyl (C=O) groups excluding carboxylic acids is 1. The predicted octanol–water partition coefficient (Wildman–Crippen LogP) is 1.25. The number of hydrogen-bond donors (Lipinski definition) is 1. The lowest BCUT2D eigenvalue weighted by molar-refractivity contribution is -0.126. The molecule has 1 N–H and O–H groups in total. The Balaban J connectivity index is 2.27. The highest BCUT2D eigenvalue weighted by Gasteiger charge is 2.36. The maximum atomic E-state index is 12.7. The lowest BCUT2D eigenvalue weighted by Crippen LogP contribution is -2.62. The lowest BCUT2D eigenvalue weighted by atomic mass is 10.1. The summed E-state index contributed by atoms with van der Waals surface area (Å²) in [5.41, 5.74) is 2.21. The molecule has 1 saturated heterocycles. The van der Waals surface area contributed by atoms with Crippen molar-refractivity contribution in [1.29, 1.82) is 0 Å². The molecule has 2 unspecified atom stereocenters. The fourth-order valence-corrected chi connectivity index (χ4v) is 2.72. The molecule has 0 bridgehead atoms. The summed E-state index contributed by atoms with van der Waals surface area (Å²) < 4.78 is 0. The number of amides is 1. The fraction of sp³-hybridized carbons (Fsp3) is 0.533. The highest BCUT2D eigenvalue weighted by molar-refractivity contribution is 5.98. The number of piperazine rings is 1. The zero-order chi connectivity index (χ0) is 14.0. The Bertz CT molecular complexity index is 443. The summed E-state index contributed by atoms with van der Waals surface area (Å²) in [6.45, 7) is 5.74. The van der Waals surface area contributed by atoms with Crippen molar-refractivity contribution < 1.29 is 4.79 Å². The summed E-state index contributed by atoms with van der Waals surface area (Å²) >= 11 is 0. The molecular formula is C15H23N3O. The molecule has 1 aromatic rings. The van der Waals surface area contributed by atoms with Crippen LogP contribution in [0, 0.1) is 6.92 Å². The van der Waals surface area contributed by atoms with Crippen LogP contribution in [0.3, 0.4) is 0 Å². The summed E-state index contributed by atoms with van der Waals surface area (Å²) in [7, 11) is 3.90. The van der Waals surface area contributed by atoms with Gasteiger partial charge in [0.05, 0.1) is 0 Å². The Morgan fingerprint density at radius 3 is 2.53 bits per heavy atom. The molecule has 1 fully saturated rings. The second kappa shape index (κ2) is 5.72. The average molecular weight is 261 g/mol. The first-order valence-corrected chi connectivity index (χ1v) is 6.79. The fourth-order valence-electron chi connectivity index (χ4n) is 2.72. The largest absolute Gasteiger partial charge is 0.318 e. The van der Waals surface area contributed by atoms with Gasteiger partial charge in [-0.2, -0.15) is 0 Å². The van der Waals surface area contributed by atoms with Crippen molar-refractivity contribution in [3.63, 3.8) is 0 Å². The Morgan fingerprint density at radius 2 is 1.95 bits per heavy atom. The predicted molar refractivity (Wildman–Crippen MR) is 78.5 cm³/mol. The van der Waals surface area contributed by atoms with Crippen LogP contribution in [-0.4, -0.2) is 50.1 Å². The molecule has 19 heavy (non-hydrogen) atoms. The van der Waals surface area contributed by atoms with Crippen molar-refractivity contribution in [1.82, 2.24) is 10.2 Å². The Morgan fingerprint density at radius 1 is 1.32 bits per heavy atom. The molecule has 4 nitrogen and oxygen atoms in total. The molecular weight excluding hydrogens is 238 g/mol. The van der Waals surface area contributed by atoms with E-state index in [1.807, 2.05) is 31.1 Å². The number of nitrogens with zero attached hydrogens (tertiary/aromatic N) is 2. The van der Waals surface area contributed by atoms with Crippen molar-refractivity contribution in [2.24, 2.45) is 0 Å². The van der Waals surface area contributed by atoms with E-state index in [2.05, 4.69) is 36.2 Å². The molecule has 0 spiro atoms. The minimum atomic E-state index is -0.0810. The Kier molecular flexibility index (Phi) is 4.22. The van der Waals surface area contributed by atoms with Crippen molar-refractivity contribution in [2.75, 3.05) is 32.1 Å². The second-order valence-electron chi connectivity index (χ2n) is 5.41. The van der Waals surface area contributed by atoms with Crippen LogP contribution in [0.5, 0.6) is 0 Å². The second-order valence-corrected chi connectivity index (χ2v) is 5.41. The molecule has 1 aliphatic heterocycles. The van der Waals surface area contributed by atoms with Crippen molar-refractivity contribution >= 4 is 11.6 Å². The van der Waals surface area contributed by atoms with Gasteiger partial charge in [0.2, 0.25) is 5.91 Å². The third-order valence-electron chi connectivity index (χ3n) is 3.76. The number of aryl methyl sites for hydroxylation is 1. The first-order chi connectivity index (χ1) is 9.04. The van der Waals surface area contributed by atoms with E-state index in [-0.39, 0.29) is 18.0 Å². The van der Waals surface area contributed by atoms with E-state index in [1.165, 1.54) is 5.56 Å². The van der Waals surface area contributed by atoms with Crippen LogP contribution in [0.15, 0.2) is 24.3 Å². The monoisotopic (exact) mass is 261 g/mol. The summed E-state index contributed by atoms with van der Waals surface area (Å²) in [4.78, 5) is 16.7. The third-order valence-corrected chi connectivity index (χ3v) is 3.76. The molecule has 1 aromatic carbocycles. The molecule has 1 heterocycles. The van der Waals surface area contributed by atoms with Crippen LogP contribution in [0.2, 0.25) is 0 Å². The molecule has 0 radical (unpaired) electrons. The van der Waals surface area contributed by atoms with Crippen LogP contribution in [0.1, 0.15) is 12.5 Å². The van der Waals surface area contributed by atoms with Gasteiger partial charge in [0.1, 0.15) is 6.04 Å². The van der Waals surface area contributed by atoms with Gasteiger partial charge < -0.3 is 10.2 Å². The number of carbonyl (C=O) groups is 1. The number of benzene rings is 1. The maximum Gasteiger partial charge on any atom is 0.245 e. The molecule has 1 amide bonds. The first kappa shape index (κ1) is 14.0. The number of likely N-dealkylation sites (N-methyl/N-ethyl adjacent to an activating group) is 2. The summed E-state index contributed by atoms with van der Waals surface area (Å²) in [6.07, 6.45) is 0. The Labute approximate surface area is 115 Å². The molecule has 0 aromatic heterocycles. The maximum absolute atomic E-state index is 12.7. The van der Waals surface area contributed by atoms with E-state index in [1.54, 1.807) is 0 Å². The number of hydrogen-bond acceptors (Lipinski definition) is 3. The Hall–Kier alpha value is -1.39. The zero-order valence-corrected chi connectivity index (χ0v) is 12.2. The minimum absolute atomic E-state index is 0.0810. The van der Waals surface area contributed by atoms with Crippen molar-refractivity contribution in [3.8, 4) is 0 Å².